The minimum atomic E-state index is 0.224. The maximum atomic E-state index is 9.63. The normalized spacial score (nSPS) is 11.2. The van der Waals surface area contributed by atoms with Crippen molar-refractivity contribution >= 4 is 21.9 Å². The van der Waals surface area contributed by atoms with Gasteiger partial charge in [0.1, 0.15) is 28.6 Å². The summed E-state index contributed by atoms with van der Waals surface area (Å²) >= 11 is 0. The van der Waals surface area contributed by atoms with Gasteiger partial charge in [0.25, 0.3) is 0 Å². The molecular formula is C25H21N3O3. The molecule has 0 aliphatic carbocycles. The number of methoxy groups -OCH3 is 2. The largest absolute Gasteiger partial charge is 0.508 e. The Morgan fingerprint density at radius 1 is 0.871 bits per heavy atom. The van der Waals surface area contributed by atoms with Gasteiger partial charge in [0, 0.05) is 16.6 Å². The highest BCUT2D eigenvalue weighted by Crippen LogP contribution is 2.37. The number of ether oxygens (including phenoxy) is 2. The molecule has 6 heteroatoms. The lowest BCUT2D eigenvalue weighted by atomic mass is 10.0. The third kappa shape index (κ3) is 3.13. The number of imidazole rings is 1. The smallest absolute Gasteiger partial charge is 0.127 e. The van der Waals surface area contributed by atoms with E-state index in [2.05, 4.69) is 9.55 Å². The third-order valence-corrected chi connectivity index (χ3v) is 5.48. The minimum absolute atomic E-state index is 0.224. The van der Waals surface area contributed by atoms with Crippen LogP contribution in [-0.2, 0) is 0 Å². The minimum Gasteiger partial charge on any atom is -0.508 e. The molecule has 0 bridgehead atoms. The second-order valence-corrected chi connectivity index (χ2v) is 7.30. The Balaban J connectivity index is 1.78. The van der Waals surface area contributed by atoms with Crippen molar-refractivity contribution in [1.82, 2.24) is 14.5 Å². The van der Waals surface area contributed by atoms with Crippen LogP contribution in [0.25, 0.3) is 38.8 Å². The summed E-state index contributed by atoms with van der Waals surface area (Å²) in [7, 11) is 3.31. The number of benzene rings is 3. The van der Waals surface area contributed by atoms with Crippen LogP contribution in [0, 0.1) is 6.92 Å². The Morgan fingerprint density at radius 2 is 1.61 bits per heavy atom. The molecular weight excluding hydrogens is 390 g/mol. The second kappa shape index (κ2) is 7.32. The van der Waals surface area contributed by atoms with Gasteiger partial charge in [0.05, 0.1) is 31.4 Å². The van der Waals surface area contributed by atoms with Crippen LogP contribution in [0.5, 0.6) is 17.2 Å². The highest BCUT2D eigenvalue weighted by Gasteiger charge is 2.17. The van der Waals surface area contributed by atoms with Crippen molar-refractivity contribution in [1.29, 1.82) is 0 Å². The van der Waals surface area contributed by atoms with Crippen LogP contribution < -0.4 is 9.47 Å². The summed E-state index contributed by atoms with van der Waals surface area (Å²) in [5.41, 5.74) is 5.48. The summed E-state index contributed by atoms with van der Waals surface area (Å²) in [6.07, 6.45) is 1.80. The van der Waals surface area contributed by atoms with E-state index >= 15 is 0 Å². The molecule has 0 unspecified atom stereocenters. The highest BCUT2D eigenvalue weighted by molar-refractivity contribution is 6.05. The molecule has 0 aliphatic rings. The number of hydrogen-bond acceptors (Lipinski definition) is 5. The molecule has 0 saturated carbocycles. The van der Waals surface area contributed by atoms with Gasteiger partial charge in [-0.2, -0.15) is 0 Å². The summed E-state index contributed by atoms with van der Waals surface area (Å²) in [4.78, 5) is 9.39. The second-order valence-electron chi connectivity index (χ2n) is 7.30. The number of aromatic hydroxyl groups is 1. The maximum Gasteiger partial charge on any atom is 0.127 e. The number of pyridine rings is 1. The summed E-state index contributed by atoms with van der Waals surface area (Å²) < 4.78 is 13.2. The maximum absolute atomic E-state index is 9.63. The summed E-state index contributed by atoms with van der Waals surface area (Å²) in [5.74, 6) is 2.63. The van der Waals surface area contributed by atoms with Gasteiger partial charge in [-0.1, -0.05) is 12.1 Å². The molecule has 2 heterocycles. The van der Waals surface area contributed by atoms with Gasteiger partial charge in [-0.25, -0.2) is 4.98 Å². The molecule has 154 valence electrons. The van der Waals surface area contributed by atoms with Gasteiger partial charge in [-0.15, -0.1) is 0 Å². The van der Waals surface area contributed by atoms with E-state index in [1.165, 1.54) is 0 Å². The first-order valence-corrected chi connectivity index (χ1v) is 9.88. The van der Waals surface area contributed by atoms with Crippen LogP contribution in [0.1, 0.15) is 5.82 Å². The Labute approximate surface area is 179 Å². The molecule has 5 rings (SSSR count). The lowest BCUT2D eigenvalue weighted by Crippen LogP contribution is -1.98. The summed E-state index contributed by atoms with van der Waals surface area (Å²) in [6.45, 7) is 1.98. The molecule has 0 spiro atoms. The van der Waals surface area contributed by atoms with E-state index in [1.807, 2.05) is 55.5 Å². The first-order chi connectivity index (χ1) is 15.1. The van der Waals surface area contributed by atoms with Crippen LogP contribution in [0.3, 0.4) is 0 Å². The summed E-state index contributed by atoms with van der Waals surface area (Å²) in [6, 6.07) is 19.0. The van der Waals surface area contributed by atoms with Gasteiger partial charge < -0.3 is 14.6 Å². The molecule has 0 fully saturated rings. The van der Waals surface area contributed by atoms with E-state index in [4.69, 9.17) is 14.5 Å². The molecule has 1 N–H and O–H groups in total. The van der Waals surface area contributed by atoms with Crippen LogP contribution in [0.15, 0.2) is 66.9 Å². The number of aromatic nitrogens is 3. The number of nitrogens with zero attached hydrogens (tertiary/aromatic N) is 3. The first kappa shape index (κ1) is 18.9. The molecule has 0 radical (unpaired) electrons. The molecule has 0 amide bonds. The van der Waals surface area contributed by atoms with Crippen molar-refractivity contribution in [2.75, 3.05) is 14.2 Å². The molecule has 3 aromatic carbocycles. The van der Waals surface area contributed by atoms with Crippen molar-refractivity contribution in [3.05, 3.63) is 72.7 Å². The molecule has 0 saturated heterocycles. The zero-order valence-corrected chi connectivity index (χ0v) is 17.5. The molecule has 0 aliphatic heterocycles. The first-order valence-electron chi connectivity index (χ1n) is 9.88. The predicted molar refractivity (Wildman–Crippen MR) is 121 cm³/mol. The highest BCUT2D eigenvalue weighted by atomic mass is 16.5. The zero-order valence-electron chi connectivity index (χ0n) is 17.5. The Morgan fingerprint density at radius 3 is 2.29 bits per heavy atom. The van der Waals surface area contributed by atoms with Gasteiger partial charge in [-0.3, -0.25) is 9.55 Å². The predicted octanol–water partition coefficient (Wildman–Crippen LogP) is 5.27. The molecule has 0 atom stereocenters. The fourth-order valence-corrected chi connectivity index (χ4v) is 3.98. The van der Waals surface area contributed by atoms with Gasteiger partial charge >= 0.3 is 0 Å². The third-order valence-electron chi connectivity index (χ3n) is 5.48. The standard InChI is InChI=1S/C25H21N3O3/c1-15-27-23-14-26-22-12-20(16-4-8-18(29)9-5-16)24(31-3)13-21(22)25(23)28(15)17-6-10-19(30-2)11-7-17/h4-14,29H,1-3H3. The number of rotatable bonds is 4. The summed E-state index contributed by atoms with van der Waals surface area (Å²) in [5, 5.41) is 10.6. The van der Waals surface area contributed by atoms with Crippen LogP contribution >= 0.6 is 0 Å². The van der Waals surface area contributed by atoms with Crippen molar-refractivity contribution in [2.45, 2.75) is 6.92 Å². The van der Waals surface area contributed by atoms with E-state index < -0.39 is 0 Å². The van der Waals surface area contributed by atoms with Gasteiger partial charge in [0.15, 0.2) is 0 Å². The van der Waals surface area contributed by atoms with Crippen LogP contribution in [0.4, 0.5) is 0 Å². The monoisotopic (exact) mass is 411 g/mol. The van der Waals surface area contributed by atoms with Gasteiger partial charge in [-0.05, 0) is 61.0 Å². The lowest BCUT2D eigenvalue weighted by Gasteiger charge is -2.13. The number of fused-ring (bicyclic) bond motifs is 3. The van der Waals surface area contributed by atoms with E-state index in [9.17, 15) is 5.11 Å². The Hall–Kier alpha value is -4.06. The van der Waals surface area contributed by atoms with Crippen LogP contribution in [-0.4, -0.2) is 33.9 Å². The average Bonchev–Trinajstić information content (AvgIpc) is 3.15. The fourth-order valence-electron chi connectivity index (χ4n) is 3.98. The van der Waals surface area contributed by atoms with Crippen molar-refractivity contribution in [3.63, 3.8) is 0 Å². The quantitative estimate of drug-likeness (QED) is 0.436. The van der Waals surface area contributed by atoms with Gasteiger partial charge in [0.2, 0.25) is 0 Å². The molecule has 5 aromatic rings. The SMILES string of the molecule is COc1ccc(-n2c(C)nc3cnc4cc(-c5ccc(O)cc5)c(OC)cc4c32)cc1. The zero-order chi connectivity index (χ0) is 21.5. The Kier molecular flexibility index (Phi) is 4.47. The lowest BCUT2D eigenvalue weighted by molar-refractivity contribution is 0.414. The van der Waals surface area contributed by atoms with Crippen molar-refractivity contribution < 1.29 is 14.6 Å². The Bertz CT molecular complexity index is 1400. The number of phenolic OH excluding ortho intramolecular Hbond substituents is 1. The van der Waals surface area contributed by atoms with Crippen molar-refractivity contribution in [3.8, 4) is 34.1 Å². The number of phenols is 1. The fraction of sp³-hybridized carbons (Fsp3) is 0.120. The van der Waals surface area contributed by atoms with Crippen LogP contribution in [0.2, 0.25) is 0 Å². The average molecular weight is 411 g/mol. The van der Waals surface area contributed by atoms with Crippen molar-refractivity contribution in [2.24, 2.45) is 0 Å². The number of hydrogen-bond donors (Lipinski definition) is 1. The topological polar surface area (TPSA) is 69.4 Å². The molecule has 6 nitrogen and oxygen atoms in total. The number of aryl methyl sites for hydroxylation is 1. The molecule has 31 heavy (non-hydrogen) atoms. The molecule has 2 aromatic heterocycles. The van der Waals surface area contributed by atoms with E-state index in [-0.39, 0.29) is 5.75 Å². The van der Waals surface area contributed by atoms with E-state index in [1.54, 1.807) is 32.5 Å². The van der Waals surface area contributed by atoms with E-state index in [0.29, 0.717) is 0 Å². The van der Waals surface area contributed by atoms with E-state index in [0.717, 1.165) is 56.1 Å².